The Morgan fingerprint density at radius 3 is 2.19 bits per heavy atom. The van der Waals surface area contributed by atoms with Crippen LogP contribution in [0.25, 0.3) is 0 Å². The lowest BCUT2D eigenvalue weighted by Crippen LogP contribution is -2.50. The van der Waals surface area contributed by atoms with Gasteiger partial charge in [-0.15, -0.1) is 0 Å². The third-order valence-corrected chi connectivity index (χ3v) is 4.98. The van der Waals surface area contributed by atoms with E-state index in [-0.39, 0.29) is 5.41 Å². The van der Waals surface area contributed by atoms with Gasteiger partial charge in [-0.05, 0) is 32.1 Å². The van der Waals surface area contributed by atoms with Crippen molar-refractivity contribution in [3.63, 3.8) is 0 Å². The standard InChI is InChI=1S/C14H27NO/c1-13(16,10-12-6-7-12)14(11-15)8-4-2-3-5-9-14/h12,16H,2-11,15H2,1H3. The molecule has 3 N–H and O–H groups in total. The fourth-order valence-electron chi connectivity index (χ4n) is 3.47. The van der Waals surface area contributed by atoms with Gasteiger partial charge < -0.3 is 10.8 Å². The number of hydrogen-bond donors (Lipinski definition) is 2. The minimum atomic E-state index is -0.534. The van der Waals surface area contributed by atoms with Crippen molar-refractivity contribution in [2.75, 3.05) is 6.54 Å². The topological polar surface area (TPSA) is 46.2 Å². The molecule has 94 valence electrons. The minimum absolute atomic E-state index is 0.00604. The fourth-order valence-corrected chi connectivity index (χ4v) is 3.47. The maximum absolute atomic E-state index is 10.8. The van der Waals surface area contributed by atoms with Gasteiger partial charge in [-0.1, -0.05) is 38.5 Å². The number of rotatable bonds is 4. The Balaban J connectivity index is 2.09. The van der Waals surface area contributed by atoms with Crippen LogP contribution in [0, 0.1) is 11.3 Å². The smallest absolute Gasteiger partial charge is 0.0690 e. The fraction of sp³-hybridized carbons (Fsp3) is 1.00. The second-order valence-corrected chi connectivity index (χ2v) is 6.32. The van der Waals surface area contributed by atoms with Crippen LogP contribution in [0.4, 0.5) is 0 Å². The molecule has 0 spiro atoms. The molecule has 0 radical (unpaired) electrons. The lowest BCUT2D eigenvalue weighted by molar-refractivity contribution is -0.0844. The Labute approximate surface area is 99.6 Å². The zero-order valence-corrected chi connectivity index (χ0v) is 10.7. The normalized spacial score (nSPS) is 29.4. The van der Waals surface area contributed by atoms with Crippen molar-refractivity contribution in [2.24, 2.45) is 17.1 Å². The quantitative estimate of drug-likeness (QED) is 0.723. The highest BCUT2D eigenvalue weighted by molar-refractivity contribution is 5.00. The molecule has 2 rings (SSSR count). The largest absolute Gasteiger partial charge is 0.390 e. The molecule has 0 bridgehead atoms. The number of aliphatic hydroxyl groups is 1. The molecule has 0 aromatic heterocycles. The molecule has 0 aliphatic heterocycles. The Hall–Kier alpha value is -0.0800. The van der Waals surface area contributed by atoms with E-state index in [2.05, 4.69) is 0 Å². The Morgan fingerprint density at radius 2 is 1.75 bits per heavy atom. The summed E-state index contributed by atoms with van der Waals surface area (Å²) >= 11 is 0. The summed E-state index contributed by atoms with van der Waals surface area (Å²) in [6.45, 7) is 2.70. The van der Waals surface area contributed by atoms with E-state index >= 15 is 0 Å². The van der Waals surface area contributed by atoms with Crippen molar-refractivity contribution < 1.29 is 5.11 Å². The SMILES string of the molecule is CC(O)(CC1CC1)C1(CN)CCCCCC1. The van der Waals surface area contributed by atoms with Crippen molar-refractivity contribution in [3.05, 3.63) is 0 Å². The summed E-state index contributed by atoms with van der Waals surface area (Å²) in [6, 6.07) is 0. The van der Waals surface area contributed by atoms with E-state index in [1.165, 1.54) is 38.5 Å². The van der Waals surface area contributed by atoms with Gasteiger partial charge in [0.15, 0.2) is 0 Å². The average Bonchev–Trinajstić information content (AvgIpc) is 3.03. The lowest BCUT2D eigenvalue weighted by Gasteiger charge is -2.45. The summed E-state index contributed by atoms with van der Waals surface area (Å²) in [5.41, 5.74) is 5.50. The van der Waals surface area contributed by atoms with Crippen molar-refractivity contribution in [3.8, 4) is 0 Å². The second kappa shape index (κ2) is 4.66. The van der Waals surface area contributed by atoms with Crippen LogP contribution in [0.5, 0.6) is 0 Å². The molecule has 0 heterocycles. The molecule has 2 nitrogen and oxygen atoms in total. The summed E-state index contributed by atoms with van der Waals surface area (Å²) < 4.78 is 0. The summed E-state index contributed by atoms with van der Waals surface area (Å²) in [6.07, 6.45) is 11.0. The van der Waals surface area contributed by atoms with Crippen LogP contribution >= 0.6 is 0 Å². The Kier molecular flexibility index (Phi) is 3.60. The first-order valence-corrected chi connectivity index (χ1v) is 7.02. The molecule has 0 saturated heterocycles. The Bertz CT molecular complexity index is 225. The van der Waals surface area contributed by atoms with Crippen molar-refractivity contribution >= 4 is 0 Å². The first-order valence-electron chi connectivity index (χ1n) is 7.02. The van der Waals surface area contributed by atoms with Crippen molar-refractivity contribution in [1.29, 1.82) is 0 Å². The molecule has 0 amide bonds. The van der Waals surface area contributed by atoms with Crippen LogP contribution in [-0.2, 0) is 0 Å². The molecular formula is C14H27NO. The first-order chi connectivity index (χ1) is 7.60. The molecular weight excluding hydrogens is 198 g/mol. The van der Waals surface area contributed by atoms with Gasteiger partial charge in [0.1, 0.15) is 0 Å². The van der Waals surface area contributed by atoms with Crippen LogP contribution in [0.2, 0.25) is 0 Å². The van der Waals surface area contributed by atoms with Crippen molar-refractivity contribution in [1.82, 2.24) is 0 Å². The maximum atomic E-state index is 10.8. The highest BCUT2D eigenvalue weighted by Gasteiger charge is 2.47. The van der Waals surface area contributed by atoms with Gasteiger partial charge in [0.25, 0.3) is 0 Å². The molecule has 16 heavy (non-hydrogen) atoms. The number of nitrogens with two attached hydrogens (primary N) is 1. The zero-order valence-electron chi connectivity index (χ0n) is 10.7. The summed E-state index contributed by atoms with van der Waals surface area (Å²) in [5, 5.41) is 10.8. The van der Waals surface area contributed by atoms with Gasteiger partial charge in [0.05, 0.1) is 5.60 Å². The third-order valence-electron chi connectivity index (χ3n) is 4.98. The second-order valence-electron chi connectivity index (χ2n) is 6.32. The van der Waals surface area contributed by atoms with Gasteiger partial charge >= 0.3 is 0 Å². The van der Waals surface area contributed by atoms with Crippen LogP contribution in [-0.4, -0.2) is 17.3 Å². The molecule has 2 aliphatic carbocycles. The molecule has 2 heteroatoms. The summed E-state index contributed by atoms with van der Waals surface area (Å²) in [7, 11) is 0. The van der Waals surface area contributed by atoms with E-state index in [1.807, 2.05) is 6.92 Å². The van der Waals surface area contributed by atoms with E-state index in [0.29, 0.717) is 6.54 Å². The third kappa shape index (κ3) is 2.43. The molecule has 2 fully saturated rings. The van der Waals surface area contributed by atoms with Gasteiger partial charge in [-0.3, -0.25) is 0 Å². The first kappa shape index (κ1) is 12.4. The molecule has 0 aromatic carbocycles. The molecule has 1 atom stereocenters. The predicted octanol–water partition coefficient (Wildman–Crippen LogP) is 2.84. The van der Waals surface area contributed by atoms with E-state index in [9.17, 15) is 5.11 Å². The van der Waals surface area contributed by atoms with Crippen LogP contribution < -0.4 is 5.73 Å². The van der Waals surface area contributed by atoms with Gasteiger partial charge in [-0.2, -0.15) is 0 Å². The van der Waals surface area contributed by atoms with Crippen LogP contribution in [0.15, 0.2) is 0 Å². The van der Waals surface area contributed by atoms with Gasteiger partial charge in [0.2, 0.25) is 0 Å². The highest BCUT2D eigenvalue weighted by Crippen LogP contribution is 2.49. The van der Waals surface area contributed by atoms with E-state index in [1.54, 1.807) is 0 Å². The number of hydrogen-bond acceptors (Lipinski definition) is 2. The Morgan fingerprint density at radius 1 is 1.19 bits per heavy atom. The van der Waals surface area contributed by atoms with E-state index < -0.39 is 5.60 Å². The van der Waals surface area contributed by atoms with Crippen molar-refractivity contribution in [2.45, 2.75) is 70.3 Å². The van der Waals surface area contributed by atoms with Gasteiger partial charge in [0, 0.05) is 12.0 Å². The summed E-state index contributed by atoms with van der Waals surface area (Å²) in [4.78, 5) is 0. The molecule has 1 unspecified atom stereocenters. The average molecular weight is 225 g/mol. The van der Waals surface area contributed by atoms with E-state index in [0.717, 1.165) is 25.2 Å². The predicted molar refractivity (Wildman–Crippen MR) is 67.2 cm³/mol. The molecule has 2 aliphatic rings. The minimum Gasteiger partial charge on any atom is -0.390 e. The van der Waals surface area contributed by atoms with Crippen LogP contribution in [0.1, 0.15) is 64.7 Å². The lowest BCUT2D eigenvalue weighted by atomic mass is 9.65. The zero-order chi connectivity index (χ0) is 11.6. The molecule has 0 aromatic rings. The van der Waals surface area contributed by atoms with E-state index in [4.69, 9.17) is 5.73 Å². The summed E-state index contributed by atoms with van der Waals surface area (Å²) in [5.74, 6) is 0.779. The van der Waals surface area contributed by atoms with Crippen LogP contribution in [0.3, 0.4) is 0 Å². The monoisotopic (exact) mass is 225 g/mol. The highest BCUT2D eigenvalue weighted by atomic mass is 16.3. The maximum Gasteiger partial charge on any atom is 0.0690 e. The van der Waals surface area contributed by atoms with Gasteiger partial charge in [-0.25, -0.2) is 0 Å². The molecule has 2 saturated carbocycles.